The van der Waals surface area contributed by atoms with E-state index >= 15 is 0 Å². The maximum absolute atomic E-state index is 10.2. The first kappa shape index (κ1) is 11.8. The maximum Gasteiger partial charge on any atom is 0.0831 e. The van der Waals surface area contributed by atoms with Gasteiger partial charge in [0.15, 0.2) is 0 Å². The summed E-state index contributed by atoms with van der Waals surface area (Å²) in [5, 5.41) is 10.2. The molecule has 1 aromatic heterocycles. The molecule has 0 spiro atoms. The zero-order valence-electron chi connectivity index (χ0n) is 10.2. The van der Waals surface area contributed by atoms with Crippen LogP contribution in [0.3, 0.4) is 0 Å². The van der Waals surface area contributed by atoms with Gasteiger partial charge in [-0.3, -0.25) is 4.98 Å². The standard InChI is InChI=1S/C15H17NO/c1-11-4-3-5-13(8-11)10-15(17)14-6-7-16-12(2)9-14/h3-9,15,17H,10H2,1-2H3. The van der Waals surface area contributed by atoms with Gasteiger partial charge < -0.3 is 5.11 Å². The molecule has 2 aromatic rings. The average Bonchev–Trinajstić information content (AvgIpc) is 2.29. The van der Waals surface area contributed by atoms with E-state index in [1.165, 1.54) is 5.56 Å². The van der Waals surface area contributed by atoms with Crippen molar-refractivity contribution >= 4 is 0 Å². The highest BCUT2D eigenvalue weighted by atomic mass is 16.3. The van der Waals surface area contributed by atoms with E-state index in [4.69, 9.17) is 0 Å². The molecule has 0 aliphatic rings. The quantitative estimate of drug-likeness (QED) is 0.874. The maximum atomic E-state index is 10.2. The van der Waals surface area contributed by atoms with Gasteiger partial charge >= 0.3 is 0 Å². The Bertz CT molecular complexity index is 508. The molecule has 2 heteroatoms. The van der Waals surface area contributed by atoms with Gasteiger partial charge in [-0.1, -0.05) is 29.8 Å². The third-order valence-electron chi connectivity index (χ3n) is 2.82. The Balaban J connectivity index is 2.14. The molecule has 17 heavy (non-hydrogen) atoms. The third kappa shape index (κ3) is 3.14. The smallest absolute Gasteiger partial charge is 0.0831 e. The van der Waals surface area contributed by atoms with Crippen LogP contribution >= 0.6 is 0 Å². The van der Waals surface area contributed by atoms with E-state index in [1.54, 1.807) is 6.20 Å². The summed E-state index contributed by atoms with van der Waals surface area (Å²) in [6.45, 7) is 4.00. The molecular formula is C15H17NO. The SMILES string of the molecule is Cc1cccc(CC(O)c2ccnc(C)c2)c1. The lowest BCUT2D eigenvalue weighted by Crippen LogP contribution is -2.02. The number of rotatable bonds is 3. The zero-order valence-corrected chi connectivity index (χ0v) is 10.2. The van der Waals surface area contributed by atoms with E-state index in [0.717, 1.165) is 16.8 Å². The van der Waals surface area contributed by atoms with Crippen LogP contribution in [0.25, 0.3) is 0 Å². The van der Waals surface area contributed by atoms with Gasteiger partial charge in [0, 0.05) is 18.3 Å². The summed E-state index contributed by atoms with van der Waals surface area (Å²) in [6, 6.07) is 12.0. The van der Waals surface area contributed by atoms with Crippen molar-refractivity contribution in [3.63, 3.8) is 0 Å². The topological polar surface area (TPSA) is 33.1 Å². The Kier molecular flexibility index (Phi) is 3.55. The molecule has 0 aliphatic carbocycles. The molecule has 1 N–H and O–H groups in total. The number of pyridine rings is 1. The molecule has 88 valence electrons. The molecule has 0 bridgehead atoms. The lowest BCUT2D eigenvalue weighted by atomic mass is 10.0. The molecule has 1 atom stereocenters. The Morgan fingerprint density at radius 1 is 1.18 bits per heavy atom. The van der Waals surface area contributed by atoms with Crippen LogP contribution in [-0.4, -0.2) is 10.1 Å². The first-order valence-electron chi connectivity index (χ1n) is 5.81. The second-order valence-corrected chi connectivity index (χ2v) is 4.44. The largest absolute Gasteiger partial charge is 0.388 e. The molecule has 1 unspecified atom stereocenters. The number of aromatic nitrogens is 1. The van der Waals surface area contributed by atoms with Crippen molar-refractivity contribution in [3.8, 4) is 0 Å². The van der Waals surface area contributed by atoms with Crippen LogP contribution in [0, 0.1) is 13.8 Å². The highest BCUT2D eigenvalue weighted by Gasteiger charge is 2.08. The molecule has 0 radical (unpaired) electrons. The van der Waals surface area contributed by atoms with Crippen LogP contribution < -0.4 is 0 Å². The van der Waals surface area contributed by atoms with Crippen LogP contribution in [0.4, 0.5) is 0 Å². The summed E-state index contributed by atoms with van der Waals surface area (Å²) in [4.78, 5) is 4.13. The van der Waals surface area contributed by atoms with E-state index in [0.29, 0.717) is 6.42 Å². The van der Waals surface area contributed by atoms with E-state index < -0.39 is 6.10 Å². The molecule has 1 heterocycles. The van der Waals surface area contributed by atoms with Gasteiger partial charge in [0.05, 0.1) is 6.10 Å². The summed E-state index contributed by atoms with van der Waals surface area (Å²) < 4.78 is 0. The number of hydrogen-bond donors (Lipinski definition) is 1. The number of aliphatic hydroxyl groups is 1. The fourth-order valence-corrected chi connectivity index (χ4v) is 1.95. The normalized spacial score (nSPS) is 12.4. The highest BCUT2D eigenvalue weighted by Crippen LogP contribution is 2.18. The monoisotopic (exact) mass is 227 g/mol. The molecule has 0 saturated carbocycles. The van der Waals surface area contributed by atoms with Crippen molar-refractivity contribution in [3.05, 3.63) is 65.0 Å². The van der Waals surface area contributed by atoms with Crippen molar-refractivity contribution in [2.24, 2.45) is 0 Å². The van der Waals surface area contributed by atoms with Gasteiger partial charge in [-0.2, -0.15) is 0 Å². The van der Waals surface area contributed by atoms with Gasteiger partial charge in [0.25, 0.3) is 0 Å². The first-order valence-corrected chi connectivity index (χ1v) is 5.81. The Morgan fingerprint density at radius 3 is 2.71 bits per heavy atom. The number of aliphatic hydroxyl groups excluding tert-OH is 1. The predicted molar refractivity (Wildman–Crippen MR) is 68.8 cm³/mol. The van der Waals surface area contributed by atoms with Crippen molar-refractivity contribution in [2.45, 2.75) is 26.4 Å². The lowest BCUT2D eigenvalue weighted by molar-refractivity contribution is 0.178. The summed E-state index contributed by atoms with van der Waals surface area (Å²) in [6.07, 6.45) is 1.92. The van der Waals surface area contributed by atoms with E-state index in [9.17, 15) is 5.11 Å². The van der Waals surface area contributed by atoms with Gasteiger partial charge in [0.2, 0.25) is 0 Å². The number of hydrogen-bond acceptors (Lipinski definition) is 2. The van der Waals surface area contributed by atoms with E-state index in [-0.39, 0.29) is 0 Å². The lowest BCUT2D eigenvalue weighted by Gasteiger charge is -2.11. The Morgan fingerprint density at radius 2 is 2.00 bits per heavy atom. The van der Waals surface area contributed by atoms with Gasteiger partial charge in [-0.25, -0.2) is 0 Å². The molecule has 2 nitrogen and oxygen atoms in total. The number of aryl methyl sites for hydroxylation is 2. The fourth-order valence-electron chi connectivity index (χ4n) is 1.95. The molecule has 2 rings (SSSR count). The molecule has 0 saturated heterocycles. The summed E-state index contributed by atoms with van der Waals surface area (Å²) in [5.41, 5.74) is 4.25. The summed E-state index contributed by atoms with van der Waals surface area (Å²) >= 11 is 0. The van der Waals surface area contributed by atoms with Crippen LogP contribution in [-0.2, 0) is 6.42 Å². The van der Waals surface area contributed by atoms with Gasteiger partial charge in [0.1, 0.15) is 0 Å². The Labute approximate surface area is 102 Å². The Hall–Kier alpha value is -1.67. The highest BCUT2D eigenvalue weighted by molar-refractivity contribution is 5.25. The van der Waals surface area contributed by atoms with Crippen molar-refractivity contribution < 1.29 is 5.11 Å². The van der Waals surface area contributed by atoms with Crippen LogP contribution in [0.5, 0.6) is 0 Å². The second kappa shape index (κ2) is 5.11. The number of benzene rings is 1. The molecule has 0 amide bonds. The van der Waals surface area contributed by atoms with E-state index in [1.807, 2.05) is 31.2 Å². The average molecular weight is 227 g/mol. The second-order valence-electron chi connectivity index (χ2n) is 4.44. The summed E-state index contributed by atoms with van der Waals surface area (Å²) in [5.74, 6) is 0. The molecule has 0 fully saturated rings. The van der Waals surface area contributed by atoms with Gasteiger partial charge in [-0.05, 0) is 37.1 Å². The minimum atomic E-state index is -0.460. The van der Waals surface area contributed by atoms with Crippen molar-refractivity contribution in [1.29, 1.82) is 0 Å². The van der Waals surface area contributed by atoms with Gasteiger partial charge in [-0.15, -0.1) is 0 Å². The molecule has 1 aromatic carbocycles. The number of nitrogens with zero attached hydrogens (tertiary/aromatic N) is 1. The van der Waals surface area contributed by atoms with E-state index in [2.05, 4.69) is 24.0 Å². The minimum Gasteiger partial charge on any atom is -0.388 e. The zero-order chi connectivity index (χ0) is 12.3. The van der Waals surface area contributed by atoms with Crippen LogP contribution in [0.15, 0.2) is 42.6 Å². The first-order chi connectivity index (χ1) is 8.15. The third-order valence-corrected chi connectivity index (χ3v) is 2.82. The minimum absolute atomic E-state index is 0.460. The van der Waals surface area contributed by atoms with Crippen LogP contribution in [0.2, 0.25) is 0 Å². The molecule has 0 aliphatic heterocycles. The van der Waals surface area contributed by atoms with Crippen LogP contribution in [0.1, 0.15) is 28.5 Å². The predicted octanol–water partition coefficient (Wildman–Crippen LogP) is 2.97. The van der Waals surface area contributed by atoms with Crippen molar-refractivity contribution in [2.75, 3.05) is 0 Å². The summed E-state index contributed by atoms with van der Waals surface area (Å²) in [7, 11) is 0. The fraction of sp³-hybridized carbons (Fsp3) is 0.267. The molecular weight excluding hydrogens is 210 g/mol. The van der Waals surface area contributed by atoms with Crippen molar-refractivity contribution in [1.82, 2.24) is 4.98 Å².